The van der Waals surface area contributed by atoms with E-state index in [1.54, 1.807) is 0 Å². The summed E-state index contributed by atoms with van der Waals surface area (Å²) in [5, 5.41) is 10.7. The summed E-state index contributed by atoms with van der Waals surface area (Å²) in [6.45, 7) is 2.16. The number of rotatable bonds is 8. The van der Waals surface area contributed by atoms with E-state index in [0.29, 0.717) is 17.8 Å². The summed E-state index contributed by atoms with van der Waals surface area (Å²) < 4.78 is 26.3. The Morgan fingerprint density at radius 1 is 1.60 bits per heavy atom. The van der Waals surface area contributed by atoms with Gasteiger partial charge in [0.2, 0.25) is 0 Å². The Morgan fingerprint density at radius 2 is 2.25 bits per heavy atom. The van der Waals surface area contributed by atoms with Gasteiger partial charge in [-0.05, 0) is 6.42 Å². The lowest BCUT2D eigenvalue weighted by Gasteiger charge is -2.15. The van der Waals surface area contributed by atoms with Crippen molar-refractivity contribution in [3.8, 4) is 0 Å². The molecule has 1 atom stereocenters. The Hall–Kier alpha value is -0.740. The van der Waals surface area contributed by atoms with Gasteiger partial charge in [0.25, 0.3) is 15.7 Å². The zero-order valence-electron chi connectivity index (χ0n) is 10.8. The van der Waals surface area contributed by atoms with Crippen molar-refractivity contribution in [3.63, 3.8) is 0 Å². The minimum atomic E-state index is -3.84. The number of nitrogens with zero attached hydrogens (tertiary/aromatic N) is 1. The molecule has 1 heterocycles. The van der Waals surface area contributed by atoms with E-state index >= 15 is 0 Å². The monoisotopic (exact) mass is 341 g/mol. The van der Waals surface area contributed by atoms with E-state index in [0.717, 1.165) is 18.9 Å². The van der Waals surface area contributed by atoms with Gasteiger partial charge < -0.3 is 5.73 Å². The van der Waals surface area contributed by atoms with Crippen LogP contribution in [0, 0.1) is 10.1 Å². The second-order valence-electron chi connectivity index (χ2n) is 4.18. The number of nitro groups is 1. The number of nitrogens with two attached hydrogens (primary N) is 1. The van der Waals surface area contributed by atoms with Crippen LogP contribution < -0.4 is 10.5 Å². The normalized spacial score (nSPS) is 13.3. The van der Waals surface area contributed by atoms with Crippen LogP contribution in [0.1, 0.15) is 26.2 Å². The molecule has 10 heteroatoms. The first-order valence-electron chi connectivity index (χ1n) is 5.98. The van der Waals surface area contributed by atoms with Crippen LogP contribution in [0.3, 0.4) is 0 Å². The maximum Gasteiger partial charge on any atom is 0.300 e. The van der Waals surface area contributed by atoms with Gasteiger partial charge >= 0.3 is 0 Å². The predicted octanol–water partition coefficient (Wildman–Crippen LogP) is 2.11. The number of thiophene rings is 1. The van der Waals surface area contributed by atoms with Crippen molar-refractivity contribution in [2.24, 2.45) is 5.73 Å². The summed E-state index contributed by atoms with van der Waals surface area (Å²) in [5.41, 5.74) is 5.12. The van der Waals surface area contributed by atoms with Crippen molar-refractivity contribution >= 4 is 38.6 Å². The van der Waals surface area contributed by atoms with Crippen molar-refractivity contribution in [2.75, 3.05) is 6.54 Å². The SMILES string of the molecule is CCCCC(CN)NS(=O)(=O)c1cc([N+](=O)[O-])c(Cl)s1. The van der Waals surface area contributed by atoms with Gasteiger partial charge in [0, 0.05) is 18.7 Å². The van der Waals surface area contributed by atoms with Crippen LogP contribution in [0.4, 0.5) is 5.69 Å². The van der Waals surface area contributed by atoms with E-state index in [9.17, 15) is 18.5 Å². The minimum Gasteiger partial charge on any atom is -0.329 e. The van der Waals surface area contributed by atoms with Crippen LogP contribution in [-0.2, 0) is 10.0 Å². The molecule has 0 bridgehead atoms. The highest BCUT2D eigenvalue weighted by molar-refractivity contribution is 7.91. The summed E-state index contributed by atoms with van der Waals surface area (Å²) in [5.74, 6) is 0. The fourth-order valence-electron chi connectivity index (χ4n) is 1.55. The van der Waals surface area contributed by atoms with Gasteiger partial charge in [-0.15, -0.1) is 11.3 Å². The summed E-state index contributed by atoms with van der Waals surface area (Å²) in [7, 11) is -3.84. The van der Waals surface area contributed by atoms with Gasteiger partial charge in [-0.1, -0.05) is 31.4 Å². The van der Waals surface area contributed by atoms with Crippen LogP contribution in [0.15, 0.2) is 10.3 Å². The number of nitrogens with one attached hydrogen (secondary N) is 1. The third-order valence-corrected chi connectivity index (χ3v) is 5.95. The molecule has 0 aromatic carbocycles. The molecule has 0 saturated carbocycles. The van der Waals surface area contributed by atoms with Crippen molar-refractivity contribution in [2.45, 2.75) is 36.4 Å². The molecule has 3 N–H and O–H groups in total. The highest BCUT2D eigenvalue weighted by atomic mass is 35.5. The van der Waals surface area contributed by atoms with Crippen molar-refractivity contribution in [1.82, 2.24) is 4.72 Å². The quantitative estimate of drug-likeness (QED) is 0.555. The lowest BCUT2D eigenvalue weighted by Crippen LogP contribution is -2.39. The second kappa shape index (κ2) is 7.32. The van der Waals surface area contributed by atoms with Gasteiger partial charge in [-0.3, -0.25) is 10.1 Å². The summed E-state index contributed by atoms with van der Waals surface area (Å²) >= 11 is 6.32. The first-order valence-corrected chi connectivity index (χ1v) is 8.65. The maximum absolute atomic E-state index is 12.1. The molecule has 20 heavy (non-hydrogen) atoms. The highest BCUT2D eigenvalue weighted by Gasteiger charge is 2.26. The highest BCUT2D eigenvalue weighted by Crippen LogP contribution is 2.36. The van der Waals surface area contributed by atoms with E-state index in [2.05, 4.69) is 4.72 Å². The van der Waals surface area contributed by atoms with E-state index in [4.69, 9.17) is 17.3 Å². The molecule has 1 aromatic rings. The van der Waals surface area contributed by atoms with E-state index in [1.807, 2.05) is 6.92 Å². The maximum atomic E-state index is 12.1. The molecule has 7 nitrogen and oxygen atoms in total. The molecule has 0 radical (unpaired) electrons. The molecule has 1 aromatic heterocycles. The molecule has 0 amide bonds. The Bertz CT molecular complexity index is 573. The van der Waals surface area contributed by atoms with Crippen LogP contribution in [0.25, 0.3) is 0 Å². The average Bonchev–Trinajstić information content (AvgIpc) is 2.77. The smallest absolute Gasteiger partial charge is 0.300 e. The molecule has 0 aliphatic rings. The summed E-state index contributed by atoms with van der Waals surface area (Å²) in [4.78, 5) is 9.96. The number of hydrogen-bond donors (Lipinski definition) is 2. The predicted molar refractivity (Wildman–Crippen MR) is 78.7 cm³/mol. The summed E-state index contributed by atoms with van der Waals surface area (Å²) in [6, 6.07) is 0.572. The lowest BCUT2D eigenvalue weighted by atomic mass is 10.1. The standard InChI is InChI=1S/C10H16ClN3O4S2/c1-2-3-4-7(6-12)13-20(17,18)9-5-8(14(15)16)10(11)19-9/h5,7,13H,2-4,6,12H2,1H3. The zero-order valence-corrected chi connectivity index (χ0v) is 13.2. The molecular formula is C10H16ClN3O4S2. The molecular weight excluding hydrogens is 326 g/mol. The van der Waals surface area contributed by atoms with Crippen LogP contribution in [0.2, 0.25) is 4.34 Å². The van der Waals surface area contributed by atoms with Crippen LogP contribution in [0.5, 0.6) is 0 Å². The Labute approximate surface area is 126 Å². The van der Waals surface area contributed by atoms with Gasteiger partial charge in [0.1, 0.15) is 4.21 Å². The zero-order chi connectivity index (χ0) is 15.3. The average molecular weight is 342 g/mol. The third kappa shape index (κ3) is 4.38. The first-order chi connectivity index (χ1) is 9.31. The Morgan fingerprint density at radius 3 is 2.70 bits per heavy atom. The minimum absolute atomic E-state index is 0.159. The van der Waals surface area contributed by atoms with Crippen molar-refractivity contribution in [3.05, 3.63) is 20.5 Å². The second-order valence-corrected chi connectivity index (χ2v) is 7.77. The molecule has 1 rings (SSSR count). The van der Waals surface area contributed by atoms with E-state index < -0.39 is 20.6 Å². The van der Waals surface area contributed by atoms with Crippen LogP contribution in [-0.4, -0.2) is 25.9 Å². The van der Waals surface area contributed by atoms with Crippen molar-refractivity contribution < 1.29 is 13.3 Å². The van der Waals surface area contributed by atoms with Gasteiger partial charge in [-0.25, -0.2) is 13.1 Å². The fourth-order valence-corrected chi connectivity index (χ4v) is 4.51. The van der Waals surface area contributed by atoms with Crippen LogP contribution >= 0.6 is 22.9 Å². The Kier molecular flexibility index (Phi) is 6.34. The van der Waals surface area contributed by atoms with Gasteiger partial charge in [0.05, 0.1) is 4.92 Å². The largest absolute Gasteiger partial charge is 0.329 e. The lowest BCUT2D eigenvalue weighted by molar-refractivity contribution is -0.384. The van der Waals surface area contributed by atoms with E-state index in [-0.39, 0.29) is 21.1 Å². The molecule has 0 aliphatic heterocycles. The topological polar surface area (TPSA) is 115 Å². The van der Waals surface area contributed by atoms with Crippen molar-refractivity contribution in [1.29, 1.82) is 0 Å². The number of hydrogen-bond acceptors (Lipinski definition) is 6. The first kappa shape index (κ1) is 17.3. The van der Waals surface area contributed by atoms with Gasteiger partial charge in [0.15, 0.2) is 4.34 Å². The number of unbranched alkanes of at least 4 members (excludes halogenated alkanes) is 1. The van der Waals surface area contributed by atoms with E-state index in [1.165, 1.54) is 0 Å². The number of sulfonamides is 1. The molecule has 1 unspecified atom stereocenters. The molecule has 0 fully saturated rings. The molecule has 0 aliphatic carbocycles. The fraction of sp³-hybridized carbons (Fsp3) is 0.600. The molecule has 114 valence electrons. The number of halogens is 1. The molecule has 0 spiro atoms. The summed E-state index contributed by atoms with van der Waals surface area (Å²) in [6.07, 6.45) is 2.39. The van der Waals surface area contributed by atoms with Gasteiger partial charge in [-0.2, -0.15) is 0 Å². The molecule has 0 saturated heterocycles. The third-order valence-electron chi connectivity index (χ3n) is 2.62. The Balaban J connectivity index is 2.93.